The third kappa shape index (κ3) is 4.82. The minimum Gasteiger partial charge on any atom is -0.267 e. The van der Waals surface area contributed by atoms with Crippen molar-refractivity contribution in [3.05, 3.63) is 75.7 Å². The lowest BCUT2D eigenvalue weighted by molar-refractivity contribution is 0.0949. The summed E-state index contributed by atoms with van der Waals surface area (Å²) in [5.41, 5.74) is 4.75. The highest BCUT2D eigenvalue weighted by molar-refractivity contribution is 6.04. The van der Waals surface area contributed by atoms with Gasteiger partial charge in [0.15, 0.2) is 5.69 Å². The van der Waals surface area contributed by atoms with Crippen molar-refractivity contribution in [2.45, 2.75) is 52.5 Å². The molecule has 0 aliphatic rings. The Morgan fingerprint density at radius 3 is 2.40 bits per heavy atom. The molecular formula is C24H28N4O2. The molecule has 1 heterocycles. The molecule has 0 fully saturated rings. The standard InChI is InChI=1S/C24H28N4O2/c1-5-6-15-28-23(30)20-10-8-7-9-19(20)21(27-28)22(29)26-25-16-17-11-13-18(14-12-17)24(2,3)4/h7-14,16H,5-6,15H2,1-4H3,(H,26,29)/b25-16-. The van der Waals surface area contributed by atoms with Gasteiger partial charge >= 0.3 is 0 Å². The van der Waals surface area contributed by atoms with Crippen LogP contribution in [-0.2, 0) is 12.0 Å². The molecule has 3 rings (SSSR count). The molecule has 30 heavy (non-hydrogen) atoms. The van der Waals surface area contributed by atoms with Crippen LogP contribution in [0.1, 0.15) is 62.2 Å². The molecule has 0 bridgehead atoms. The molecule has 0 saturated heterocycles. The van der Waals surface area contributed by atoms with Crippen LogP contribution in [-0.4, -0.2) is 21.9 Å². The summed E-state index contributed by atoms with van der Waals surface area (Å²) in [6.07, 6.45) is 3.34. The average molecular weight is 405 g/mol. The van der Waals surface area contributed by atoms with E-state index in [2.05, 4.69) is 48.5 Å². The number of rotatable bonds is 6. The molecule has 0 aliphatic heterocycles. The van der Waals surface area contributed by atoms with Gasteiger partial charge in [-0.1, -0.05) is 76.6 Å². The minimum absolute atomic E-state index is 0.0808. The summed E-state index contributed by atoms with van der Waals surface area (Å²) >= 11 is 0. The van der Waals surface area contributed by atoms with E-state index in [1.54, 1.807) is 30.5 Å². The zero-order chi connectivity index (χ0) is 21.7. The summed E-state index contributed by atoms with van der Waals surface area (Å²) in [6, 6.07) is 15.1. The number of aryl methyl sites for hydroxylation is 1. The molecule has 1 aromatic heterocycles. The summed E-state index contributed by atoms with van der Waals surface area (Å²) in [6.45, 7) is 9.00. The smallest absolute Gasteiger partial charge is 0.267 e. The van der Waals surface area contributed by atoms with Crippen LogP contribution in [0.2, 0.25) is 0 Å². The summed E-state index contributed by atoms with van der Waals surface area (Å²) in [5.74, 6) is -0.445. The highest BCUT2D eigenvalue weighted by atomic mass is 16.2. The van der Waals surface area contributed by atoms with Gasteiger partial charge in [0.25, 0.3) is 11.5 Å². The van der Waals surface area contributed by atoms with Crippen LogP contribution in [0, 0.1) is 0 Å². The molecule has 3 aromatic rings. The number of benzene rings is 2. The molecule has 2 aromatic carbocycles. The molecule has 0 unspecified atom stereocenters. The summed E-state index contributed by atoms with van der Waals surface area (Å²) in [7, 11) is 0. The van der Waals surface area contributed by atoms with Crippen molar-refractivity contribution in [1.82, 2.24) is 15.2 Å². The van der Waals surface area contributed by atoms with Gasteiger partial charge in [-0.25, -0.2) is 10.1 Å². The predicted molar refractivity (Wildman–Crippen MR) is 121 cm³/mol. The van der Waals surface area contributed by atoms with Crippen molar-refractivity contribution in [2.75, 3.05) is 0 Å². The van der Waals surface area contributed by atoms with Crippen LogP contribution in [0.25, 0.3) is 10.8 Å². The molecule has 1 N–H and O–H groups in total. The second-order valence-electron chi connectivity index (χ2n) is 8.35. The summed E-state index contributed by atoms with van der Waals surface area (Å²) in [4.78, 5) is 25.4. The van der Waals surface area contributed by atoms with Gasteiger partial charge in [-0.05, 0) is 29.0 Å². The Hall–Kier alpha value is -3.28. The van der Waals surface area contributed by atoms with E-state index >= 15 is 0 Å². The quantitative estimate of drug-likeness (QED) is 0.493. The number of fused-ring (bicyclic) bond motifs is 1. The lowest BCUT2D eigenvalue weighted by Gasteiger charge is -2.18. The lowest BCUT2D eigenvalue weighted by atomic mass is 9.87. The van der Waals surface area contributed by atoms with Gasteiger partial charge in [-0.3, -0.25) is 9.59 Å². The average Bonchev–Trinajstić information content (AvgIpc) is 2.73. The predicted octanol–water partition coefficient (Wildman–Crippen LogP) is 4.26. The third-order valence-electron chi connectivity index (χ3n) is 4.96. The van der Waals surface area contributed by atoms with Crippen LogP contribution >= 0.6 is 0 Å². The maximum atomic E-state index is 12.8. The minimum atomic E-state index is -0.445. The number of nitrogens with zero attached hydrogens (tertiary/aromatic N) is 3. The highest BCUT2D eigenvalue weighted by Gasteiger charge is 2.16. The molecule has 0 radical (unpaired) electrons. The van der Waals surface area contributed by atoms with E-state index in [9.17, 15) is 9.59 Å². The van der Waals surface area contributed by atoms with Crippen molar-refractivity contribution in [1.29, 1.82) is 0 Å². The Balaban J connectivity index is 1.83. The Morgan fingerprint density at radius 2 is 1.77 bits per heavy atom. The first-order valence-electron chi connectivity index (χ1n) is 10.2. The molecule has 0 aliphatic carbocycles. The molecule has 0 atom stereocenters. The first-order valence-corrected chi connectivity index (χ1v) is 10.2. The van der Waals surface area contributed by atoms with Crippen LogP contribution in [0.4, 0.5) is 0 Å². The van der Waals surface area contributed by atoms with E-state index in [0.29, 0.717) is 17.3 Å². The van der Waals surface area contributed by atoms with E-state index in [-0.39, 0.29) is 16.7 Å². The van der Waals surface area contributed by atoms with Crippen LogP contribution in [0.15, 0.2) is 58.4 Å². The second kappa shape index (κ2) is 9.03. The van der Waals surface area contributed by atoms with Gasteiger partial charge in [-0.2, -0.15) is 10.2 Å². The summed E-state index contributed by atoms with van der Waals surface area (Å²) in [5, 5.41) is 9.41. The molecule has 0 spiro atoms. The summed E-state index contributed by atoms with van der Waals surface area (Å²) < 4.78 is 1.37. The number of hydrogen-bond acceptors (Lipinski definition) is 4. The van der Waals surface area contributed by atoms with Gasteiger partial charge in [0.2, 0.25) is 0 Å². The topological polar surface area (TPSA) is 76.3 Å². The second-order valence-corrected chi connectivity index (χ2v) is 8.35. The Bertz CT molecular complexity index is 1120. The maximum absolute atomic E-state index is 12.8. The zero-order valence-corrected chi connectivity index (χ0v) is 18.0. The number of hydrazone groups is 1. The largest absolute Gasteiger partial charge is 0.292 e. The Labute approximate surface area is 176 Å². The van der Waals surface area contributed by atoms with E-state index in [1.807, 2.05) is 19.1 Å². The van der Waals surface area contributed by atoms with E-state index in [0.717, 1.165) is 18.4 Å². The number of hydrogen-bond donors (Lipinski definition) is 1. The molecule has 1 amide bonds. The van der Waals surface area contributed by atoms with Crippen molar-refractivity contribution in [3.63, 3.8) is 0 Å². The lowest BCUT2D eigenvalue weighted by Crippen LogP contribution is -2.29. The van der Waals surface area contributed by atoms with Gasteiger partial charge in [0.05, 0.1) is 11.6 Å². The molecule has 156 valence electrons. The van der Waals surface area contributed by atoms with Crippen molar-refractivity contribution < 1.29 is 4.79 Å². The van der Waals surface area contributed by atoms with Crippen LogP contribution in [0.3, 0.4) is 0 Å². The monoisotopic (exact) mass is 404 g/mol. The highest BCUT2D eigenvalue weighted by Crippen LogP contribution is 2.21. The van der Waals surface area contributed by atoms with E-state index in [4.69, 9.17) is 0 Å². The van der Waals surface area contributed by atoms with Gasteiger partial charge in [0.1, 0.15) is 0 Å². The number of nitrogens with one attached hydrogen (secondary N) is 1. The fourth-order valence-electron chi connectivity index (χ4n) is 3.15. The fourth-order valence-corrected chi connectivity index (χ4v) is 3.15. The normalized spacial score (nSPS) is 11.9. The SMILES string of the molecule is CCCCn1nc(C(=O)N/N=C\c2ccc(C(C)(C)C)cc2)c2ccccc2c1=O. The number of carbonyl (C=O) groups is 1. The first-order chi connectivity index (χ1) is 14.3. The molecule has 0 saturated carbocycles. The Kier molecular flexibility index (Phi) is 6.45. The van der Waals surface area contributed by atoms with Crippen molar-refractivity contribution >= 4 is 22.9 Å². The number of carbonyl (C=O) groups excluding carboxylic acids is 1. The van der Waals surface area contributed by atoms with E-state index in [1.165, 1.54) is 10.2 Å². The Morgan fingerprint density at radius 1 is 1.10 bits per heavy atom. The number of aromatic nitrogens is 2. The molecule has 6 heteroatoms. The first kappa shape index (κ1) is 21.4. The van der Waals surface area contributed by atoms with Gasteiger partial charge in [0, 0.05) is 11.9 Å². The molecular weight excluding hydrogens is 376 g/mol. The maximum Gasteiger partial charge on any atom is 0.292 e. The van der Waals surface area contributed by atoms with Crippen LogP contribution in [0.5, 0.6) is 0 Å². The zero-order valence-electron chi connectivity index (χ0n) is 18.0. The van der Waals surface area contributed by atoms with Crippen LogP contribution < -0.4 is 11.0 Å². The molecule has 6 nitrogen and oxygen atoms in total. The fraction of sp³-hybridized carbons (Fsp3) is 0.333. The van der Waals surface area contributed by atoms with E-state index < -0.39 is 5.91 Å². The van der Waals surface area contributed by atoms with Crippen molar-refractivity contribution in [2.24, 2.45) is 5.10 Å². The van der Waals surface area contributed by atoms with Gasteiger partial charge in [-0.15, -0.1) is 0 Å². The third-order valence-corrected chi connectivity index (χ3v) is 4.96. The number of amides is 1. The van der Waals surface area contributed by atoms with Gasteiger partial charge < -0.3 is 0 Å². The van der Waals surface area contributed by atoms with Crippen molar-refractivity contribution in [3.8, 4) is 0 Å². The number of unbranched alkanes of at least 4 members (excludes halogenated alkanes) is 1.